The minimum atomic E-state index is 0.329. The molecule has 0 unspecified atom stereocenters. The molecule has 0 fully saturated rings. The Morgan fingerprint density at radius 2 is 0.848 bits per heavy atom. The van der Waals surface area contributed by atoms with Crippen molar-refractivity contribution in [2.45, 2.75) is 119 Å². The molecule has 0 atom stereocenters. The Morgan fingerprint density at radius 3 is 1.00 bits per heavy atom. The maximum Gasteiger partial charge on any atom is 0.219 e. The third-order valence-corrected chi connectivity index (χ3v) is 4.74. The molecular formula is C24H44N8O. The van der Waals surface area contributed by atoms with Gasteiger partial charge in [-0.2, -0.15) is 0 Å². The summed E-state index contributed by atoms with van der Waals surface area (Å²) in [5.74, 6) is 3.07. The molecule has 0 bridgehead atoms. The normalized spacial score (nSPS) is 11.5. The Balaban J connectivity index is 0.000000247. The summed E-state index contributed by atoms with van der Waals surface area (Å²) in [6, 6.07) is 0.824. The van der Waals surface area contributed by atoms with Crippen molar-refractivity contribution in [2.24, 2.45) is 0 Å². The summed E-state index contributed by atoms with van der Waals surface area (Å²) < 4.78 is 9.15. The number of hydrogen-bond acceptors (Lipinski definition) is 7. The van der Waals surface area contributed by atoms with Gasteiger partial charge < -0.3 is 4.42 Å². The number of nitrogens with zero attached hydrogens (tertiary/aromatic N) is 8. The van der Waals surface area contributed by atoms with Crippen molar-refractivity contribution in [1.29, 1.82) is 0 Å². The summed E-state index contributed by atoms with van der Waals surface area (Å²) in [7, 11) is 0. The molecule has 3 rings (SSSR count). The lowest BCUT2D eigenvalue weighted by Gasteiger charge is -2.01. The molecule has 33 heavy (non-hydrogen) atoms. The second-order valence-corrected chi connectivity index (χ2v) is 10.0. The van der Waals surface area contributed by atoms with E-state index in [1.54, 1.807) is 0 Å². The highest BCUT2D eigenvalue weighted by atomic mass is 16.4. The van der Waals surface area contributed by atoms with Crippen LogP contribution in [0.5, 0.6) is 0 Å². The van der Waals surface area contributed by atoms with Gasteiger partial charge in [0.15, 0.2) is 0 Å². The number of hydrogen-bond donors (Lipinski definition) is 0. The van der Waals surface area contributed by atoms with Gasteiger partial charge in [-0.3, -0.25) is 0 Å². The van der Waals surface area contributed by atoms with Crippen molar-refractivity contribution in [3.05, 3.63) is 35.6 Å². The first-order valence-corrected chi connectivity index (χ1v) is 12.0. The molecule has 0 aliphatic carbocycles. The fraction of sp³-hybridized carbons (Fsp3) is 0.750. The van der Waals surface area contributed by atoms with Crippen LogP contribution < -0.4 is 0 Å². The minimum Gasteiger partial charge on any atom is -0.425 e. The van der Waals surface area contributed by atoms with Crippen LogP contribution in [-0.4, -0.2) is 40.2 Å². The van der Waals surface area contributed by atoms with Gasteiger partial charge in [0.05, 0.1) is 11.4 Å². The fourth-order valence-electron chi connectivity index (χ4n) is 2.33. The zero-order valence-electron chi connectivity index (χ0n) is 22.6. The Labute approximate surface area is 199 Å². The molecule has 0 amide bonds. The van der Waals surface area contributed by atoms with Crippen LogP contribution >= 0.6 is 0 Å². The molecule has 186 valence electrons. The third kappa shape index (κ3) is 9.43. The van der Waals surface area contributed by atoms with E-state index in [1.807, 2.05) is 49.5 Å². The lowest BCUT2D eigenvalue weighted by Crippen LogP contribution is -2.00. The highest BCUT2D eigenvalue weighted by Crippen LogP contribution is 2.17. The van der Waals surface area contributed by atoms with Crippen LogP contribution in [0.15, 0.2) is 16.8 Å². The first-order chi connectivity index (χ1) is 15.3. The average Bonchev–Trinajstić information content (AvgIpc) is 3.49. The predicted molar refractivity (Wildman–Crippen MR) is 131 cm³/mol. The van der Waals surface area contributed by atoms with Crippen molar-refractivity contribution in [2.75, 3.05) is 0 Å². The third-order valence-electron chi connectivity index (χ3n) is 4.74. The van der Waals surface area contributed by atoms with Crippen molar-refractivity contribution < 1.29 is 4.42 Å². The molecule has 0 spiro atoms. The molecule has 0 aliphatic heterocycles. The molecule has 0 N–H and O–H groups in total. The monoisotopic (exact) mass is 460 g/mol. The summed E-state index contributed by atoms with van der Waals surface area (Å²) in [4.78, 5) is 0. The van der Waals surface area contributed by atoms with Crippen molar-refractivity contribution in [3.63, 3.8) is 0 Å². The maximum atomic E-state index is 5.38. The van der Waals surface area contributed by atoms with Crippen LogP contribution in [0.2, 0.25) is 0 Å². The van der Waals surface area contributed by atoms with Gasteiger partial charge in [0.1, 0.15) is 0 Å². The predicted octanol–water partition coefficient (Wildman–Crippen LogP) is 6.28. The van der Waals surface area contributed by atoms with Gasteiger partial charge in [0, 0.05) is 36.3 Å². The quantitative estimate of drug-likeness (QED) is 0.426. The van der Waals surface area contributed by atoms with E-state index >= 15 is 0 Å². The molecule has 3 heterocycles. The lowest BCUT2D eigenvalue weighted by molar-refractivity contribution is 0.417. The lowest BCUT2D eigenvalue weighted by atomic mass is 10.2. The molecule has 3 aromatic heterocycles. The van der Waals surface area contributed by atoms with Gasteiger partial charge in [0.2, 0.25) is 11.8 Å². The Morgan fingerprint density at radius 1 is 0.515 bits per heavy atom. The van der Waals surface area contributed by atoms with E-state index in [9.17, 15) is 0 Å². The molecular weight excluding hydrogens is 416 g/mol. The Kier molecular flexibility index (Phi) is 11.4. The van der Waals surface area contributed by atoms with Crippen LogP contribution in [0.1, 0.15) is 142 Å². The van der Waals surface area contributed by atoms with Crippen LogP contribution in [-0.2, 0) is 0 Å². The second-order valence-electron chi connectivity index (χ2n) is 10.0. The van der Waals surface area contributed by atoms with Gasteiger partial charge in [-0.1, -0.05) is 65.8 Å². The molecule has 0 aromatic carbocycles. The SMILES string of the molecule is CC(C)c1cn(C(C)C)nn1.CC(C)c1cn(C(C)C)nn1.CC(C)c1nnc(C(C)C)o1. The van der Waals surface area contributed by atoms with Crippen LogP contribution in [0.4, 0.5) is 0 Å². The summed E-state index contributed by atoms with van der Waals surface area (Å²) in [5, 5.41) is 23.9. The highest BCUT2D eigenvalue weighted by molar-refractivity contribution is 4.99. The van der Waals surface area contributed by atoms with E-state index in [2.05, 4.69) is 86.2 Å². The summed E-state index contributed by atoms with van der Waals surface area (Å²) in [6.07, 6.45) is 4.02. The van der Waals surface area contributed by atoms with E-state index in [0.29, 0.717) is 35.8 Å². The first kappa shape index (κ1) is 28.5. The van der Waals surface area contributed by atoms with E-state index < -0.39 is 0 Å². The van der Waals surface area contributed by atoms with Crippen LogP contribution in [0, 0.1) is 0 Å². The Hall–Kier alpha value is -2.58. The van der Waals surface area contributed by atoms with Crippen molar-refractivity contribution in [1.82, 2.24) is 40.2 Å². The molecule has 3 aromatic rings. The molecule has 0 saturated carbocycles. The Bertz CT molecular complexity index is 731. The first-order valence-electron chi connectivity index (χ1n) is 12.0. The van der Waals surface area contributed by atoms with E-state index in [1.165, 1.54) is 0 Å². The van der Waals surface area contributed by atoms with E-state index in [4.69, 9.17) is 4.42 Å². The number of aromatic nitrogens is 8. The standard InChI is InChI=1S/2C8H15N3.C8H14N2O/c2*1-6(2)8-5-11(7(3)4)10-9-8;1-5(2)7-9-10-8(11-7)6(3)4/h2*5-7H,1-4H3;5-6H,1-4H3. The largest absolute Gasteiger partial charge is 0.425 e. The maximum absolute atomic E-state index is 5.38. The van der Waals surface area contributed by atoms with Gasteiger partial charge in [-0.15, -0.1) is 20.4 Å². The smallest absolute Gasteiger partial charge is 0.219 e. The van der Waals surface area contributed by atoms with E-state index in [-0.39, 0.29) is 0 Å². The average molecular weight is 461 g/mol. The molecule has 0 saturated heterocycles. The summed E-state index contributed by atoms with van der Waals surface area (Å²) in [6.45, 7) is 25.0. The van der Waals surface area contributed by atoms with E-state index in [0.717, 1.165) is 23.2 Å². The summed E-state index contributed by atoms with van der Waals surface area (Å²) in [5.41, 5.74) is 2.14. The van der Waals surface area contributed by atoms with Gasteiger partial charge >= 0.3 is 0 Å². The van der Waals surface area contributed by atoms with Gasteiger partial charge in [-0.25, -0.2) is 9.36 Å². The minimum absolute atomic E-state index is 0.329. The fourth-order valence-corrected chi connectivity index (χ4v) is 2.33. The zero-order chi connectivity index (χ0) is 25.3. The van der Waals surface area contributed by atoms with Gasteiger partial charge in [-0.05, 0) is 39.5 Å². The zero-order valence-corrected chi connectivity index (χ0v) is 22.6. The summed E-state index contributed by atoms with van der Waals surface area (Å²) >= 11 is 0. The van der Waals surface area contributed by atoms with Crippen molar-refractivity contribution >= 4 is 0 Å². The van der Waals surface area contributed by atoms with Crippen LogP contribution in [0.25, 0.3) is 0 Å². The van der Waals surface area contributed by atoms with Gasteiger partial charge in [0.25, 0.3) is 0 Å². The molecule has 9 nitrogen and oxygen atoms in total. The van der Waals surface area contributed by atoms with Crippen LogP contribution in [0.3, 0.4) is 0 Å². The molecule has 0 radical (unpaired) electrons. The highest BCUT2D eigenvalue weighted by Gasteiger charge is 2.11. The van der Waals surface area contributed by atoms with Crippen molar-refractivity contribution in [3.8, 4) is 0 Å². The molecule has 0 aliphatic rings. The topological polar surface area (TPSA) is 100 Å². The molecule has 9 heteroatoms. The second kappa shape index (κ2) is 13.2. The number of rotatable bonds is 6.